The van der Waals surface area contributed by atoms with Gasteiger partial charge in [-0.1, -0.05) is 41.4 Å². The van der Waals surface area contributed by atoms with Gasteiger partial charge in [0.15, 0.2) is 0 Å². The lowest BCUT2D eigenvalue weighted by atomic mass is 10.1. The second-order valence-corrected chi connectivity index (χ2v) is 5.67. The number of esters is 1. The number of rotatable bonds is 5. The summed E-state index contributed by atoms with van der Waals surface area (Å²) >= 11 is 12.5. The molecule has 25 heavy (non-hydrogen) atoms. The van der Waals surface area contributed by atoms with Crippen molar-refractivity contribution in [1.82, 2.24) is 0 Å². The van der Waals surface area contributed by atoms with Crippen LogP contribution in [0.25, 0.3) is 0 Å². The van der Waals surface area contributed by atoms with E-state index in [0.29, 0.717) is 11.4 Å². The number of methoxy groups -OCH3 is 2. The summed E-state index contributed by atoms with van der Waals surface area (Å²) in [7, 11) is 2.52. The van der Waals surface area contributed by atoms with E-state index in [1.165, 1.54) is 26.4 Å². The van der Waals surface area contributed by atoms with Gasteiger partial charge < -0.3 is 19.5 Å². The summed E-state index contributed by atoms with van der Waals surface area (Å²) in [6.45, 7) is 0. The number of anilines is 2. The normalized spacial score (nSPS) is 10.1. The van der Waals surface area contributed by atoms with Gasteiger partial charge in [0.2, 0.25) is 0 Å². The minimum Gasteiger partial charge on any atom is -0.469 e. The molecule has 0 atom stereocenters. The van der Waals surface area contributed by atoms with Crippen LogP contribution >= 0.6 is 23.2 Å². The standard InChI is InChI=1S/C17H15Cl2NO5/c1-23-15(21)7-10-5-3-4-6-14(10)20-16-12(18)8-11(9-13(16)19)25-17(22)24-2/h3-6,8-9,20H,7H2,1-2H3. The molecule has 0 fully saturated rings. The highest BCUT2D eigenvalue weighted by Gasteiger charge is 2.14. The van der Waals surface area contributed by atoms with Gasteiger partial charge in [0.25, 0.3) is 0 Å². The van der Waals surface area contributed by atoms with E-state index in [4.69, 9.17) is 32.7 Å². The first-order valence-electron chi connectivity index (χ1n) is 7.11. The van der Waals surface area contributed by atoms with E-state index >= 15 is 0 Å². The quantitative estimate of drug-likeness (QED) is 0.600. The zero-order chi connectivity index (χ0) is 18.4. The van der Waals surface area contributed by atoms with Gasteiger partial charge in [0.1, 0.15) is 5.75 Å². The maximum atomic E-state index is 11.5. The second kappa shape index (κ2) is 8.60. The van der Waals surface area contributed by atoms with Crippen molar-refractivity contribution in [3.8, 4) is 5.75 Å². The topological polar surface area (TPSA) is 73.9 Å². The maximum absolute atomic E-state index is 11.5. The first-order chi connectivity index (χ1) is 11.9. The number of hydrogen-bond acceptors (Lipinski definition) is 6. The molecule has 0 amide bonds. The molecule has 0 saturated carbocycles. The number of carbonyl (C=O) groups is 2. The van der Waals surface area contributed by atoms with E-state index in [2.05, 4.69) is 10.1 Å². The number of halogens is 2. The van der Waals surface area contributed by atoms with E-state index < -0.39 is 6.16 Å². The first kappa shape index (κ1) is 18.9. The Kier molecular flexibility index (Phi) is 6.50. The molecule has 2 aromatic rings. The molecule has 0 saturated heterocycles. The van der Waals surface area contributed by atoms with Crippen LogP contribution in [0.2, 0.25) is 10.0 Å². The lowest BCUT2D eigenvalue weighted by Gasteiger charge is -2.15. The van der Waals surface area contributed by atoms with Gasteiger partial charge >= 0.3 is 12.1 Å². The molecule has 0 spiro atoms. The third kappa shape index (κ3) is 5.01. The van der Waals surface area contributed by atoms with Crippen LogP contribution in [-0.2, 0) is 20.7 Å². The van der Waals surface area contributed by atoms with Gasteiger partial charge in [-0.2, -0.15) is 0 Å². The lowest BCUT2D eigenvalue weighted by Crippen LogP contribution is -2.08. The predicted molar refractivity (Wildman–Crippen MR) is 94.9 cm³/mol. The molecule has 6 nitrogen and oxygen atoms in total. The molecule has 1 N–H and O–H groups in total. The molecule has 0 bridgehead atoms. The Hall–Kier alpha value is -2.44. The molecular formula is C17H15Cl2NO5. The smallest absolute Gasteiger partial charge is 0.469 e. The molecule has 2 rings (SSSR count). The largest absolute Gasteiger partial charge is 0.513 e. The summed E-state index contributed by atoms with van der Waals surface area (Å²) in [4.78, 5) is 22.7. The molecule has 0 heterocycles. The summed E-state index contributed by atoms with van der Waals surface area (Å²) in [5, 5.41) is 3.56. The Balaban J connectivity index is 2.29. The zero-order valence-electron chi connectivity index (χ0n) is 13.5. The highest BCUT2D eigenvalue weighted by molar-refractivity contribution is 6.39. The Morgan fingerprint density at radius 2 is 1.68 bits per heavy atom. The molecule has 0 aliphatic rings. The fraction of sp³-hybridized carbons (Fsp3) is 0.176. The fourth-order valence-corrected chi connectivity index (χ4v) is 2.59. The van der Waals surface area contributed by atoms with Crippen molar-refractivity contribution in [1.29, 1.82) is 0 Å². The second-order valence-electron chi connectivity index (χ2n) is 4.85. The third-order valence-corrected chi connectivity index (χ3v) is 3.82. The zero-order valence-corrected chi connectivity index (χ0v) is 15.0. The predicted octanol–water partition coefficient (Wildman–Crippen LogP) is 4.60. The van der Waals surface area contributed by atoms with Crippen molar-refractivity contribution < 1.29 is 23.8 Å². The van der Waals surface area contributed by atoms with Gasteiger partial charge in [-0.15, -0.1) is 0 Å². The van der Waals surface area contributed by atoms with E-state index in [9.17, 15) is 9.59 Å². The van der Waals surface area contributed by atoms with Crippen LogP contribution in [0.1, 0.15) is 5.56 Å². The van der Waals surface area contributed by atoms with E-state index in [0.717, 1.165) is 5.56 Å². The van der Waals surface area contributed by atoms with Gasteiger partial charge in [0.05, 0.1) is 36.4 Å². The number of para-hydroxylation sites is 1. The third-order valence-electron chi connectivity index (χ3n) is 3.22. The molecule has 132 valence electrons. The number of hydrogen-bond donors (Lipinski definition) is 1. The summed E-state index contributed by atoms with van der Waals surface area (Å²) in [5.74, 6) is -0.219. The highest BCUT2D eigenvalue weighted by atomic mass is 35.5. The van der Waals surface area contributed by atoms with Gasteiger partial charge in [-0.25, -0.2) is 4.79 Å². The van der Waals surface area contributed by atoms with Crippen molar-refractivity contribution in [2.45, 2.75) is 6.42 Å². The number of ether oxygens (including phenoxy) is 3. The van der Waals surface area contributed by atoms with Crippen LogP contribution in [0, 0.1) is 0 Å². The number of benzene rings is 2. The molecule has 2 aromatic carbocycles. The van der Waals surface area contributed by atoms with Crippen LogP contribution in [0.3, 0.4) is 0 Å². The maximum Gasteiger partial charge on any atom is 0.513 e. The van der Waals surface area contributed by atoms with Crippen LogP contribution in [0.15, 0.2) is 36.4 Å². The average Bonchev–Trinajstić information content (AvgIpc) is 2.59. The van der Waals surface area contributed by atoms with E-state index in [-0.39, 0.29) is 28.2 Å². The molecular weight excluding hydrogens is 369 g/mol. The highest BCUT2D eigenvalue weighted by Crippen LogP contribution is 2.37. The summed E-state index contributed by atoms with van der Waals surface area (Å²) in [5.41, 5.74) is 1.78. The van der Waals surface area contributed by atoms with E-state index in [1.807, 2.05) is 0 Å². The summed E-state index contributed by atoms with van der Waals surface area (Å²) in [6.07, 6.45) is -0.783. The van der Waals surface area contributed by atoms with E-state index in [1.54, 1.807) is 24.3 Å². The van der Waals surface area contributed by atoms with Crippen molar-refractivity contribution in [3.05, 3.63) is 52.0 Å². The van der Waals surface area contributed by atoms with Gasteiger partial charge in [0, 0.05) is 17.8 Å². The lowest BCUT2D eigenvalue weighted by molar-refractivity contribution is -0.139. The molecule has 0 aromatic heterocycles. The van der Waals surface area contributed by atoms with Crippen molar-refractivity contribution in [3.63, 3.8) is 0 Å². The summed E-state index contributed by atoms with van der Waals surface area (Å²) < 4.78 is 14.0. The number of carbonyl (C=O) groups excluding carboxylic acids is 2. The SMILES string of the molecule is COC(=O)Cc1ccccc1Nc1c(Cl)cc(OC(=O)OC)cc1Cl. The van der Waals surface area contributed by atoms with Crippen LogP contribution in [0.5, 0.6) is 5.75 Å². The minimum absolute atomic E-state index is 0.0957. The Bertz CT molecular complexity index is 771. The Morgan fingerprint density at radius 1 is 1.04 bits per heavy atom. The van der Waals surface area contributed by atoms with Crippen LogP contribution in [-0.4, -0.2) is 26.3 Å². The summed E-state index contributed by atoms with van der Waals surface area (Å²) in [6, 6.07) is 10.0. The molecule has 0 radical (unpaired) electrons. The van der Waals surface area contributed by atoms with Crippen LogP contribution in [0.4, 0.5) is 16.2 Å². The Morgan fingerprint density at radius 3 is 2.28 bits per heavy atom. The van der Waals surface area contributed by atoms with Crippen LogP contribution < -0.4 is 10.1 Å². The molecule has 0 aliphatic heterocycles. The van der Waals surface area contributed by atoms with Crippen molar-refractivity contribution in [2.24, 2.45) is 0 Å². The fourth-order valence-electron chi connectivity index (χ4n) is 2.02. The van der Waals surface area contributed by atoms with Crippen molar-refractivity contribution in [2.75, 3.05) is 19.5 Å². The van der Waals surface area contributed by atoms with Gasteiger partial charge in [-0.05, 0) is 11.6 Å². The first-order valence-corrected chi connectivity index (χ1v) is 7.86. The Labute approximate surface area is 154 Å². The molecule has 0 unspecified atom stereocenters. The molecule has 8 heteroatoms. The monoisotopic (exact) mass is 383 g/mol. The number of nitrogens with one attached hydrogen (secondary N) is 1. The average molecular weight is 384 g/mol. The molecule has 0 aliphatic carbocycles. The van der Waals surface area contributed by atoms with Gasteiger partial charge in [-0.3, -0.25) is 4.79 Å². The minimum atomic E-state index is -0.878. The van der Waals surface area contributed by atoms with Crippen molar-refractivity contribution >= 4 is 46.7 Å².